The Balaban J connectivity index is 1.98. The van der Waals surface area contributed by atoms with Gasteiger partial charge >= 0.3 is 17.7 Å². The Hall–Kier alpha value is -3.56. The van der Waals surface area contributed by atoms with Gasteiger partial charge in [-0.3, -0.25) is 10.1 Å². The number of amides is 1. The van der Waals surface area contributed by atoms with Gasteiger partial charge in [-0.05, 0) is 39.0 Å². The maximum absolute atomic E-state index is 11.8. The average molecular weight is 406 g/mol. The number of hydrogen-bond acceptors (Lipinski definition) is 7. The fourth-order valence-corrected chi connectivity index (χ4v) is 2.34. The number of ether oxygens (including phenoxy) is 2. The van der Waals surface area contributed by atoms with Crippen LogP contribution in [0, 0.1) is 10.1 Å². The maximum atomic E-state index is 11.8. The molecule has 2 aromatic rings. The van der Waals surface area contributed by atoms with Gasteiger partial charge in [-0.2, -0.15) is 0 Å². The topological polar surface area (TPSA) is 141 Å². The normalized spacial score (nSPS) is 12.1. The third kappa shape index (κ3) is 6.83. The molecule has 10 nitrogen and oxygen atoms in total. The molecule has 0 radical (unpaired) electrons. The lowest BCUT2D eigenvalue weighted by Gasteiger charge is -2.21. The van der Waals surface area contributed by atoms with Gasteiger partial charge in [0.25, 0.3) is 0 Å². The lowest BCUT2D eigenvalue weighted by Crippen LogP contribution is -2.44. The zero-order valence-corrected chi connectivity index (χ0v) is 16.2. The summed E-state index contributed by atoms with van der Waals surface area (Å²) in [5.74, 6) is -0.510. The molecule has 0 saturated carbocycles. The quantitative estimate of drug-likeness (QED) is 0.502. The molecular weight excluding hydrogens is 384 g/mol. The molecule has 0 spiro atoms. The van der Waals surface area contributed by atoms with E-state index in [9.17, 15) is 24.8 Å². The Morgan fingerprint density at radius 2 is 1.86 bits per heavy atom. The molecule has 1 amide bonds. The van der Waals surface area contributed by atoms with Gasteiger partial charge in [0, 0.05) is 12.5 Å². The Morgan fingerprint density at radius 3 is 2.48 bits per heavy atom. The van der Waals surface area contributed by atoms with E-state index in [1.807, 2.05) is 0 Å². The van der Waals surface area contributed by atoms with E-state index in [4.69, 9.17) is 13.9 Å². The highest BCUT2D eigenvalue weighted by molar-refractivity contribution is 5.80. The molecule has 0 saturated heterocycles. The first kappa shape index (κ1) is 21.7. The number of nitrogens with zero attached hydrogens (tertiary/aromatic N) is 1. The number of hydrogen-bond donors (Lipinski definition) is 2. The third-order valence-corrected chi connectivity index (χ3v) is 3.54. The van der Waals surface area contributed by atoms with E-state index in [2.05, 4.69) is 5.32 Å². The number of rotatable bonds is 8. The van der Waals surface area contributed by atoms with Crippen molar-refractivity contribution in [2.75, 3.05) is 0 Å². The van der Waals surface area contributed by atoms with Gasteiger partial charge < -0.3 is 24.3 Å². The summed E-state index contributed by atoms with van der Waals surface area (Å²) in [5.41, 5.74) is -0.936. The van der Waals surface area contributed by atoms with Gasteiger partial charge in [0.2, 0.25) is 0 Å². The first-order valence-electron chi connectivity index (χ1n) is 8.71. The van der Waals surface area contributed by atoms with Crippen molar-refractivity contribution in [1.29, 1.82) is 0 Å². The molecule has 10 heteroatoms. The summed E-state index contributed by atoms with van der Waals surface area (Å²) in [5, 5.41) is 22.6. The summed E-state index contributed by atoms with van der Waals surface area (Å²) in [6.45, 7) is 4.91. The lowest BCUT2D eigenvalue weighted by atomic mass is 10.1. The van der Waals surface area contributed by atoms with E-state index < -0.39 is 28.6 Å². The van der Waals surface area contributed by atoms with Crippen LogP contribution in [-0.4, -0.2) is 33.7 Å². The molecule has 1 aromatic carbocycles. The summed E-state index contributed by atoms with van der Waals surface area (Å²) >= 11 is 0. The number of furan rings is 1. The van der Waals surface area contributed by atoms with Crippen LogP contribution in [0.15, 0.2) is 40.8 Å². The van der Waals surface area contributed by atoms with E-state index in [0.29, 0.717) is 11.5 Å². The molecule has 1 aromatic heterocycles. The molecule has 2 rings (SSSR count). The van der Waals surface area contributed by atoms with Crippen molar-refractivity contribution in [1.82, 2.24) is 5.32 Å². The van der Waals surface area contributed by atoms with Crippen molar-refractivity contribution in [3.8, 4) is 5.75 Å². The highest BCUT2D eigenvalue weighted by Gasteiger charge is 2.25. The predicted octanol–water partition coefficient (Wildman–Crippen LogP) is 3.29. The fourth-order valence-electron chi connectivity index (χ4n) is 2.34. The third-order valence-electron chi connectivity index (χ3n) is 3.54. The van der Waals surface area contributed by atoms with Crippen LogP contribution in [0.4, 0.5) is 10.5 Å². The summed E-state index contributed by atoms with van der Waals surface area (Å²) < 4.78 is 16.0. The van der Waals surface area contributed by atoms with E-state index in [1.165, 1.54) is 18.2 Å². The van der Waals surface area contributed by atoms with E-state index in [0.717, 1.165) is 0 Å². The van der Waals surface area contributed by atoms with Crippen molar-refractivity contribution in [2.24, 2.45) is 0 Å². The second-order valence-electron chi connectivity index (χ2n) is 7.12. The van der Waals surface area contributed by atoms with Gasteiger partial charge in [-0.1, -0.05) is 12.1 Å². The molecule has 1 atom stereocenters. The number of carbonyl (C=O) groups is 2. The van der Waals surface area contributed by atoms with E-state index >= 15 is 0 Å². The SMILES string of the molecule is CC(C)(C)OC(=O)NC(Cc1ccc(COc2ccccc2[N+](=O)[O-])o1)C(=O)O. The minimum Gasteiger partial charge on any atom is -0.480 e. The van der Waals surface area contributed by atoms with Crippen LogP contribution in [0.1, 0.15) is 32.3 Å². The van der Waals surface area contributed by atoms with E-state index in [1.54, 1.807) is 39.0 Å². The average Bonchev–Trinajstić information content (AvgIpc) is 3.05. The number of aliphatic carboxylic acids is 1. The monoisotopic (exact) mass is 406 g/mol. The first-order chi connectivity index (χ1) is 13.5. The molecule has 0 aliphatic rings. The van der Waals surface area contributed by atoms with Gasteiger partial charge in [0.1, 0.15) is 29.8 Å². The molecule has 0 aliphatic heterocycles. The summed E-state index contributed by atoms with van der Waals surface area (Å²) in [6, 6.07) is 7.78. The smallest absolute Gasteiger partial charge is 0.408 e. The Labute approximate surface area is 166 Å². The Bertz CT molecular complexity index is 884. The minimum absolute atomic E-state index is 0.0813. The summed E-state index contributed by atoms with van der Waals surface area (Å²) in [7, 11) is 0. The number of carboxylic acids is 1. The predicted molar refractivity (Wildman–Crippen MR) is 101 cm³/mol. The van der Waals surface area contributed by atoms with Crippen molar-refractivity contribution >= 4 is 17.7 Å². The van der Waals surface area contributed by atoms with Crippen molar-refractivity contribution < 1.29 is 33.5 Å². The minimum atomic E-state index is -1.25. The Morgan fingerprint density at radius 1 is 1.21 bits per heavy atom. The summed E-state index contributed by atoms with van der Waals surface area (Å²) in [4.78, 5) is 33.7. The van der Waals surface area contributed by atoms with Crippen molar-refractivity contribution in [3.05, 3.63) is 58.0 Å². The second kappa shape index (κ2) is 9.09. The van der Waals surface area contributed by atoms with Crippen LogP contribution in [0.5, 0.6) is 5.75 Å². The number of carbonyl (C=O) groups excluding carboxylic acids is 1. The molecule has 0 bridgehead atoms. The van der Waals surface area contributed by atoms with Gasteiger partial charge in [-0.25, -0.2) is 9.59 Å². The number of nitrogens with one attached hydrogen (secondary N) is 1. The number of carboxylic acid groups (broad SMARTS) is 1. The largest absolute Gasteiger partial charge is 0.480 e. The number of alkyl carbamates (subject to hydrolysis) is 1. The lowest BCUT2D eigenvalue weighted by molar-refractivity contribution is -0.386. The molecule has 29 heavy (non-hydrogen) atoms. The first-order valence-corrected chi connectivity index (χ1v) is 8.71. The maximum Gasteiger partial charge on any atom is 0.408 e. The van der Waals surface area contributed by atoms with Crippen LogP contribution in [0.25, 0.3) is 0 Å². The highest BCUT2D eigenvalue weighted by Crippen LogP contribution is 2.27. The molecule has 0 aliphatic carbocycles. The molecule has 156 valence electrons. The van der Waals surface area contributed by atoms with E-state index in [-0.39, 0.29) is 24.5 Å². The number of nitro benzene ring substituents is 1. The molecule has 0 fully saturated rings. The molecule has 1 heterocycles. The van der Waals surface area contributed by atoms with Crippen LogP contribution in [0.2, 0.25) is 0 Å². The molecule has 1 unspecified atom stereocenters. The van der Waals surface area contributed by atoms with Crippen LogP contribution < -0.4 is 10.1 Å². The van der Waals surface area contributed by atoms with Crippen LogP contribution in [0.3, 0.4) is 0 Å². The molecular formula is C19H22N2O8. The molecule has 2 N–H and O–H groups in total. The standard InChI is InChI=1S/C19H22N2O8/c1-19(2,3)29-18(24)20-14(17(22)23)10-12-8-9-13(28-12)11-27-16-7-5-4-6-15(16)21(25)26/h4-9,14H,10-11H2,1-3H3,(H,20,24)(H,22,23). The highest BCUT2D eigenvalue weighted by atomic mass is 16.6. The zero-order chi connectivity index (χ0) is 21.6. The van der Waals surface area contributed by atoms with Crippen molar-refractivity contribution in [3.63, 3.8) is 0 Å². The van der Waals surface area contributed by atoms with Gasteiger partial charge in [0.05, 0.1) is 4.92 Å². The number of para-hydroxylation sites is 2. The zero-order valence-electron chi connectivity index (χ0n) is 16.2. The second-order valence-corrected chi connectivity index (χ2v) is 7.12. The number of nitro groups is 1. The Kier molecular flexibility index (Phi) is 6.81. The summed E-state index contributed by atoms with van der Waals surface area (Å²) in [6.07, 6.45) is -0.962. The van der Waals surface area contributed by atoms with Crippen LogP contribution >= 0.6 is 0 Å². The van der Waals surface area contributed by atoms with Gasteiger partial charge in [0.15, 0.2) is 5.75 Å². The number of benzene rings is 1. The van der Waals surface area contributed by atoms with Crippen LogP contribution in [-0.2, 0) is 22.6 Å². The van der Waals surface area contributed by atoms with Gasteiger partial charge in [-0.15, -0.1) is 0 Å². The van der Waals surface area contributed by atoms with Crippen molar-refractivity contribution in [2.45, 2.75) is 45.4 Å². The fraction of sp³-hybridized carbons (Fsp3) is 0.368.